The number of amidine groups is 1. The van der Waals surface area contributed by atoms with Gasteiger partial charge in [0, 0.05) is 5.56 Å². The number of oxime groups is 1. The number of rotatable bonds is 3. The maximum Gasteiger partial charge on any atom is 0.251 e. The van der Waals surface area contributed by atoms with Crippen LogP contribution in [-0.2, 0) is 0 Å². The molecule has 5 N–H and O–H groups in total. The van der Waals surface area contributed by atoms with E-state index in [1.807, 2.05) is 0 Å². The number of hydrogen-bond donors (Lipinski definition) is 4. The van der Waals surface area contributed by atoms with Gasteiger partial charge in [-0.05, 0) is 18.2 Å². The van der Waals surface area contributed by atoms with E-state index in [2.05, 4.69) is 10.5 Å². The molecule has 0 atom stereocenters. The fraction of sp³-hybridized carbons (Fsp3) is 0.111. The van der Waals surface area contributed by atoms with Crippen LogP contribution in [0.4, 0.5) is 0 Å². The van der Waals surface area contributed by atoms with Gasteiger partial charge in [0.15, 0.2) is 5.84 Å². The van der Waals surface area contributed by atoms with Crippen molar-refractivity contribution in [2.75, 3.05) is 6.54 Å². The number of carbonyl (C=O) groups is 1. The number of benzene rings is 1. The van der Waals surface area contributed by atoms with Crippen LogP contribution in [0, 0.1) is 0 Å². The van der Waals surface area contributed by atoms with Gasteiger partial charge in [0.25, 0.3) is 5.91 Å². The van der Waals surface area contributed by atoms with E-state index in [-0.39, 0.29) is 18.1 Å². The average molecular weight is 209 g/mol. The maximum atomic E-state index is 11.4. The molecule has 0 saturated heterocycles. The van der Waals surface area contributed by atoms with E-state index in [0.717, 1.165) is 0 Å². The predicted molar refractivity (Wildman–Crippen MR) is 53.8 cm³/mol. The van der Waals surface area contributed by atoms with E-state index in [1.165, 1.54) is 12.1 Å². The highest BCUT2D eigenvalue weighted by atomic mass is 16.4. The molecule has 0 spiro atoms. The highest BCUT2D eigenvalue weighted by molar-refractivity contribution is 5.97. The monoisotopic (exact) mass is 209 g/mol. The number of nitrogens with one attached hydrogen (secondary N) is 1. The number of carbonyl (C=O) groups excluding carboxylic acids is 1. The first-order chi connectivity index (χ1) is 7.13. The molecule has 0 unspecified atom stereocenters. The third-order valence-electron chi connectivity index (χ3n) is 1.67. The Bertz CT molecular complexity index is 390. The lowest BCUT2D eigenvalue weighted by Crippen LogP contribution is -2.33. The van der Waals surface area contributed by atoms with Crippen LogP contribution in [-0.4, -0.2) is 28.6 Å². The summed E-state index contributed by atoms with van der Waals surface area (Å²) in [6.45, 7) is -0.0506. The molecule has 0 aliphatic heterocycles. The number of phenolic OH excluding ortho intramolecular Hbond substituents is 1. The molecule has 80 valence electrons. The summed E-state index contributed by atoms with van der Waals surface area (Å²) in [5, 5.41) is 22.5. The molecule has 1 rings (SSSR count). The van der Waals surface area contributed by atoms with Crippen molar-refractivity contribution >= 4 is 11.7 Å². The van der Waals surface area contributed by atoms with Crippen molar-refractivity contribution in [1.29, 1.82) is 0 Å². The Morgan fingerprint density at radius 3 is 2.87 bits per heavy atom. The molecule has 0 aliphatic rings. The Balaban J connectivity index is 2.62. The molecule has 0 fully saturated rings. The third kappa shape index (κ3) is 3.18. The lowest BCUT2D eigenvalue weighted by Gasteiger charge is -2.03. The van der Waals surface area contributed by atoms with Crippen LogP contribution in [0.3, 0.4) is 0 Å². The number of amides is 1. The fourth-order valence-electron chi connectivity index (χ4n) is 0.955. The first kappa shape index (κ1) is 10.8. The molecular formula is C9H11N3O3. The van der Waals surface area contributed by atoms with E-state index in [1.54, 1.807) is 12.1 Å². The van der Waals surface area contributed by atoms with Gasteiger partial charge >= 0.3 is 0 Å². The number of aromatic hydroxyl groups is 1. The van der Waals surface area contributed by atoms with Crippen molar-refractivity contribution in [2.45, 2.75) is 0 Å². The average Bonchev–Trinajstić information content (AvgIpc) is 2.25. The van der Waals surface area contributed by atoms with Gasteiger partial charge in [0.05, 0.1) is 6.54 Å². The zero-order chi connectivity index (χ0) is 11.3. The second-order valence-electron chi connectivity index (χ2n) is 2.82. The highest BCUT2D eigenvalue weighted by Crippen LogP contribution is 2.10. The Hall–Kier alpha value is -2.24. The lowest BCUT2D eigenvalue weighted by molar-refractivity contribution is 0.0958. The molecule has 6 heteroatoms. The minimum Gasteiger partial charge on any atom is -0.508 e. The standard InChI is InChI=1S/C9H11N3O3/c10-8(12-15)5-11-9(14)6-2-1-3-7(13)4-6/h1-4,13,15H,5H2,(H2,10,12)(H,11,14). The molecule has 1 aromatic rings. The van der Waals surface area contributed by atoms with Crippen molar-refractivity contribution in [3.8, 4) is 5.75 Å². The summed E-state index contributed by atoms with van der Waals surface area (Å²) in [5.41, 5.74) is 5.47. The molecule has 0 aliphatic carbocycles. The Morgan fingerprint density at radius 2 is 2.27 bits per heavy atom. The van der Waals surface area contributed by atoms with Crippen LogP contribution < -0.4 is 11.1 Å². The molecule has 6 nitrogen and oxygen atoms in total. The molecule has 1 amide bonds. The first-order valence-corrected chi connectivity index (χ1v) is 4.17. The van der Waals surface area contributed by atoms with Crippen LogP contribution in [0.2, 0.25) is 0 Å². The smallest absolute Gasteiger partial charge is 0.251 e. The Kier molecular flexibility index (Phi) is 3.50. The zero-order valence-electron chi connectivity index (χ0n) is 7.84. The first-order valence-electron chi connectivity index (χ1n) is 4.17. The van der Waals surface area contributed by atoms with Crippen molar-refractivity contribution in [3.05, 3.63) is 29.8 Å². The van der Waals surface area contributed by atoms with Crippen LogP contribution in [0.15, 0.2) is 29.4 Å². The van der Waals surface area contributed by atoms with Crippen molar-refractivity contribution < 1.29 is 15.1 Å². The Morgan fingerprint density at radius 1 is 1.53 bits per heavy atom. The largest absolute Gasteiger partial charge is 0.508 e. The van der Waals surface area contributed by atoms with Gasteiger partial charge in [-0.3, -0.25) is 4.79 Å². The predicted octanol–water partition coefficient (Wildman–Crippen LogP) is -0.132. The number of nitrogens with zero attached hydrogens (tertiary/aromatic N) is 1. The molecule has 0 heterocycles. The molecular weight excluding hydrogens is 198 g/mol. The second-order valence-corrected chi connectivity index (χ2v) is 2.82. The lowest BCUT2D eigenvalue weighted by atomic mass is 10.2. The molecule has 0 aromatic heterocycles. The second kappa shape index (κ2) is 4.85. The molecule has 0 bridgehead atoms. The van der Waals surface area contributed by atoms with Gasteiger partial charge in [-0.15, -0.1) is 0 Å². The summed E-state index contributed by atoms with van der Waals surface area (Å²) in [4.78, 5) is 11.4. The van der Waals surface area contributed by atoms with E-state index >= 15 is 0 Å². The van der Waals surface area contributed by atoms with E-state index < -0.39 is 5.91 Å². The van der Waals surface area contributed by atoms with E-state index in [9.17, 15) is 4.79 Å². The normalized spacial score (nSPS) is 11.1. The summed E-state index contributed by atoms with van der Waals surface area (Å²) in [6, 6.07) is 5.87. The summed E-state index contributed by atoms with van der Waals surface area (Å²) in [7, 11) is 0. The van der Waals surface area contributed by atoms with Gasteiger partial charge in [-0.1, -0.05) is 11.2 Å². The number of hydrogen-bond acceptors (Lipinski definition) is 4. The van der Waals surface area contributed by atoms with Gasteiger partial charge < -0.3 is 21.4 Å². The van der Waals surface area contributed by atoms with E-state index in [4.69, 9.17) is 16.0 Å². The number of nitrogens with two attached hydrogens (primary N) is 1. The topological polar surface area (TPSA) is 108 Å². The molecule has 1 aromatic carbocycles. The van der Waals surface area contributed by atoms with Gasteiger partial charge in [-0.2, -0.15) is 0 Å². The maximum absolute atomic E-state index is 11.4. The minimum atomic E-state index is -0.405. The van der Waals surface area contributed by atoms with Gasteiger partial charge in [0.1, 0.15) is 5.75 Å². The van der Waals surface area contributed by atoms with Crippen molar-refractivity contribution in [3.63, 3.8) is 0 Å². The summed E-state index contributed by atoms with van der Waals surface area (Å²) < 4.78 is 0. The van der Waals surface area contributed by atoms with Crippen molar-refractivity contribution in [2.24, 2.45) is 10.9 Å². The number of phenols is 1. The van der Waals surface area contributed by atoms with E-state index in [0.29, 0.717) is 5.56 Å². The quantitative estimate of drug-likeness (QED) is 0.240. The zero-order valence-corrected chi connectivity index (χ0v) is 7.84. The van der Waals surface area contributed by atoms with Crippen LogP contribution in [0.25, 0.3) is 0 Å². The minimum absolute atomic E-state index is 0.00597. The van der Waals surface area contributed by atoms with Crippen LogP contribution >= 0.6 is 0 Å². The molecule has 15 heavy (non-hydrogen) atoms. The van der Waals surface area contributed by atoms with Crippen LogP contribution in [0.1, 0.15) is 10.4 Å². The molecule has 0 radical (unpaired) electrons. The third-order valence-corrected chi connectivity index (χ3v) is 1.67. The fourth-order valence-corrected chi connectivity index (χ4v) is 0.955. The van der Waals surface area contributed by atoms with Crippen LogP contribution in [0.5, 0.6) is 5.75 Å². The van der Waals surface area contributed by atoms with Crippen molar-refractivity contribution in [1.82, 2.24) is 5.32 Å². The van der Waals surface area contributed by atoms with Gasteiger partial charge in [-0.25, -0.2) is 0 Å². The highest BCUT2D eigenvalue weighted by Gasteiger charge is 2.05. The SMILES string of the molecule is N/C(CNC(=O)c1cccc(O)c1)=N\O. The summed E-state index contributed by atoms with van der Waals surface area (Å²) >= 11 is 0. The Labute approximate surface area is 86.0 Å². The molecule has 0 saturated carbocycles. The summed E-state index contributed by atoms with van der Waals surface area (Å²) in [5.74, 6) is -0.493. The van der Waals surface area contributed by atoms with Gasteiger partial charge in [0.2, 0.25) is 0 Å². The summed E-state index contributed by atoms with van der Waals surface area (Å²) in [6.07, 6.45) is 0.